The number of benzene rings is 2. The molecule has 174 valence electrons. The molecule has 0 amide bonds. The second kappa shape index (κ2) is 8.07. The average molecular weight is 469 g/mol. The first-order valence-corrected chi connectivity index (χ1v) is 12.2. The highest BCUT2D eigenvalue weighted by atomic mass is 15.2. The summed E-state index contributed by atoms with van der Waals surface area (Å²) < 4.78 is 2.00. The monoisotopic (exact) mass is 468 g/mol. The van der Waals surface area contributed by atoms with Crippen molar-refractivity contribution in [1.29, 1.82) is 0 Å². The predicted molar refractivity (Wildman–Crippen MR) is 142 cm³/mol. The number of rotatable bonds is 4. The van der Waals surface area contributed by atoms with Gasteiger partial charge in [0.2, 0.25) is 0 Å². The van der Waals surface area contributed by atoms with Crippen molar-refractivity contribution in [1.82, 2.24) is 24.6 Å². The summed E-state index contributed by atoms with van der Waals surface area (Å²) in [7, 11) is 0. The Labute approximate surface area is 208 Å². The molecule has 1 fully saturated rings. The number of nitrogens with zero attached hydrogens (tertiary/aromatic N) is 5. The lowest BCUT2D eigenvalue weighted by Gasteiger charge is -2.38. The van der Waals surface area contributed by atoms with Gasteiger partial charge in [0.1, 0.15) is 0 Å². The van der Waals surface area contributed by atoms with Crippen molar-refractivity contribution in [2.24, 2.45) is 5.73 Å². The Morgan fingerprint density at radius 2 is 1.61 bits per heavy atom. The quantitative estimate of drug-likeness (QED) is 0.343. The van der Waals surface area contributed by atoms with Crippen LogP contribution < -0.4 is 5.73 Å². The molecule has 1 aliphatic rings. The number of pyridine rings is 3. The van der Waals surface area contributed by atoms with Gasteiger partial charge in [0.05, 0.1) is 11.2 Å². The summed E-state index contributed by atoms with van der Waals surface area (Å²) >= 11 is 0. The van der Waals surface area contributed by atoms with E-state index >= 15 is 0 Å². The van der Waals surface area contributed by atoms with Crippen LogP contribution in [0.1, 0.15) is 24.8 Å². The number of nitrogens with two attached hydrogens (primary N) is 1. The number of fused-ring (bicyclic) bond motifs is 3. The van der Waals surface area contributed by atoms with E-state index in [0.717, 1.165) is 63.2 Å². The molecule has 2 aromatic carbocycles. The summed E-state index contributed by atoms with van der Waals surface area (Å²) in [5.41, 5.74) is 14.3. The molecule has 6 heteroatoms. The molecule has 1 aliphatic carbocycles. The van der Waals surface area contributed by atoms with Crippen LogP contribution in [-0.4, -0.2) is 24.6 Å². The van der Waals surface area contributed by atoms with E-state index < -0.39 is 0 Å². The molecular weight excluding hydrogens is 444 g/mol. The first-order valence-electron chi connectivity index (χ1n) is 12.2. The van der Waals surface area contributed by atoms with E-state index in [2.05, 4.69) is 69.8 Å². The molecule has 6 nitrogen and oxygen atoms in total. The van der Waals surface area contributed by atoms with Crippen LogP contribution >= 0.6 is 0 Å². The number of aromatic nitrogens is 5. The lowest BCUT2D eigenvalue weighted by molar-refractivity contribution is 0.253. The number of hydrogen-bond donors (Lipinski definition) is 1. The lowest BCUT2D eigenvalue weighted by Crippen LogP contribution is -2.43. The van der Waals surface area contributed by atoms with E-state index in [1.165, 1.54) is 12.0 Å². The summed E-state index contributed by atoms with van der Waals surface area (Å²) in [5.74, 6) is 0.757. The van der Waals surface area contributed by atoms with E-state index in [1.54, 1.807) is 12.4 Å². The van der Waals surface area contributed by atoms with Gasteiger partial charge in [-0.3, -0.25) is 9.38 Å². The van der Waals surface area contributed by atoms with E-state index in [1.807, 2.05) is 34.9 Å². The molecule has 0 bridgehead atoms. The third kappa shape index (κ3) is 3.30. The van der Waals surface area contributed by atoms with Crippen LogP contribution in [0.3, 0.4) is 0 Å². The molecule has 0 unspecified atom stereocenters. The summed E-state index contributed by atoms with van der Waals surface area (Å²) in [5, 5.41) is 9.98. The summed E-state index contributed by atoms with van der Waals surface area (Å²) in [6, 6.07) is 27.1. The molecule has 0 aliphatic heterocycles. The van der Waals surface area contributed by atoms with Crippen LogP contribution in [0.4, 0.5) is 0 Å². The SMILES string of the molecule is NC1(c2ccc(-c3nc4ccn5c(-c6cccnc6)nnc5c4cc3-c3ccccc3)cc2)CCC1. The Balaban J connectivity index is 1.43. The Kier molecular flexibility index (Phi) is 4.69. The maximum atomic E-state index is 6.57. The molecule has 4 heterocycles. The third-order valence-corrected chi connectivity index (χ3v) is 7.35. The summed E-state index contributed by atoms with van der Waals surface area (Å²) in [6.45, 7) is 0. The highest BCUT2D eigenvalue weighted by Crippen LogP contribution is 2.40. The molecule has 2 N–H and O–H groups in total. The van der Waals surface area contributed by atoms with Gasteiger partial charge in [0, 0.05) is 46.2 Å². The zero-order chi connectivity index (χ0) is 24.1. The molecule has 7 rings (SSSR count). The van der Waals surface area contributed by atoms with Gasteiger partial charge in [0.15, 0.2) is 11.5 Å². The fraction of sp³-hybridized carbons (Fsp3) is 0.133. The normalized spacial score (nSPS) is 14.7. The second-order valence-electron chi connectivity index (χ2n) is 9.55. The maximum Gasteiger partial charge on any atom is 0.170 e. The fourth-order valence-corrected chi connectivity index (χ4v) is 5.15. The van der Waals surface area contributed by atoms with Crippen molar-refractivity contribution >= 4 is 16.6 Å². The van der Waals surface area contributed by atoms with Crippen molar-refractivity contribution in [2.45, 2.75) is 24.8 Å². The van der Waals surface area contributed by atoms with E-state index in [9.17, 15) is 0 Å². The van der Waals surface area contributed by atoms with Gasteiger partial charge >= 0.3 is 0 Å². The summed E-state index contributed by atoms with van der Waals surface area (Å²) in [4.78, 5) is 9.39. The highest BCUT2D eigenvalue weighted by Gasteiger charge is 2.34. The first-order chi connectivity index (χ1) is 17.7. The van der Waals surface area contributed by atoms with Crippen LogP contribution in [0.25, 0.3) is 50.3 Å². The molecule has 4 aromatic heterocycles. The van der Waals surface area contributed by atoms with Gasteiger partial charge in [-0.15, -0.1) is 10.2 Å². The molecule has 6 aromatic rings. The van der Waals surface area contributed by atoms with Gasteiger partial charge in [-0.25, -0.2) is 4.98 Å². The van der Waals surface area contributed by atoms with Crippen LogP contribution in [-0.2, 0) is 5.54 Å². The molecular formula is C30H24N6. The van der Waals surface area contributed by atoms with E-state index in [4.69, 9.17) is 10.7 Å². The molecule has 0 saturated heterocycles. The zero-order valence-corrected chi connectivity index (χ0v) is 19.7. The highest BCUT2D eigenvalue weighted by molar-refractivity contribution is 5.98. The van der Waals surface area contributed by atoms with Gasteiger partial charge < -0.3 is 5.73 Å². The molecule has 1 saturated carbocycles. The minimum atomic E-state index is -0.178. The topological polar surface area (TPSA) is 82.0 Å². The maximum absolute atomic E-state index is 6.57. The van der Waals surface area contributed by atoms with Crippen molar-refractivity contribution in [3.63, 3.8) is 0 Å². The third-order valence-electron chi connectivity index (χ3n) is 7.35. The van der Waals surface area contributed by atoms with Gasteiger partial charge in [-0.2, -0.15) is 0 Å². The Bertz CT molecular complexity index is 1700. The summed E-state index contributed by atoms with van der Waals surface area (Å²) in [6.07, 6.45) is 8.83. The molecule has 36 heavy (non-hydrogen) atoms. The largest absolute Gasteiger partial charge is 0.321 e. The minimum Gasteiger partial charge on any atom is -0.321 e. The van der Waals surface area contributed by atoms with E-state index in [-0.39, 0.29) is 5.54 Å². The van der Waals surface area contributed by atoms with Crippen molar-refractivity contribution in [3.05, 3.63) is 103 Å². The van der Waals surface area contributed by atoms with Gasteiger partial charge in [-0.05, 0) is 54.7 Å². The van der Waals surface area contributed by atoms with Gasteiger partial charge in [-0.1, -0.05) is 54.6 Å². The first kappa shape index (κ1) is 20.9. The Hall–Kier alpha value is -4.42. The van der Waals surface area contributed by atoms with Crippen LogP contribution in [0, 0.1) is 0 Å². The van der Waals surface area contributed by atoms with Crippen LogP contribution in [0.5, 0.6) is 0 Å². The van der Waals surface area contributed by atoms with Crippen molar-refractivity contribution in [2.75, 3.05) is 0 Å². The standard InChI is InChI=1S/C30H24N6/c31-30(14-5-15-30)23-11-9-21(10-12-23)27-24(20-6-2-1-3-7-20)18-25-26(33-27)13-17-36-28(34-35-29(25)36)22-8-4-16-32-19-22/h1-4,6-13,16-19H,5,14-15,31H2. The molecule has 0 radical (unpaired) electrons. The second-order valence-corrected chi connectivity index (χ2v) is 9.55. The van der Waals surface area contributed by atoms with Gasteiger partial charge in [0.25, 0.3) is 0 Å². The fourth-order valence-electron chi connectivity index (χ4n) is 5.15. The van der Waals surface area contributed by atoms with Crippen LogP contribution in [0.2, 0.25) is 0 Å². The molecule has 0 atom stereocenters. The lowest BCUT2D eigenvalue weighted by atomic mass is 9.72. The zero-order valence-electron chi connectivity index (χ0n) is 19.7. The van der Waals surface area contributed by atoms with E-state index in [0.29, 0.717) is 0 Å². The minimum absolute atomic E-state index is 0.178. The Morgan fingerprint density at radius 1 is 0.806 bits per heavy atom. The van der Waals surface area contributed by atoms with Crippen LogP contribution in [0.15, 0.2) is 97.5 Å². The Morgan fingerprint density at radius 3 is 2.33 bits per heavy atom. The average Bonchev–Trinajstić information content (AvgIpc) is 3.37. The van der Waals surface area contributed by atoms with Crippen molar-refractivity contribution < 1.29 is 0 Å². The number of hydrogen-bond acceptors (Lipinski definition) is 5. The predicted octanol–water partition coefficient (Wildman–Crippen LogP) is 6.01. The molecule has 0 spiro atoms. The smallest absolute Gasteiger partial charge is 0.170 e. The van der Waals surface area contributed by atoms with Crippen molar-refractivity contribution in [3.8, 4) is 33.8 Å².